The molecular formula is C11H9ClO5S2. The molecule has 0 atom stereocenters. The van der Waals surface area contributed by atoms with Gasteiger partial charge >= 0.3 is 5.97 Å². The van der Waals surface area contributed by atoms with Gasteiger partial charge < -0.3 is 9.15 Å². The minimum atomic E-state index is -3.56. The first-order valence-corrected chi connectivity index (χ1v) is 7.91. The topological polar surface area (TPSA) is 73.6 Å². The van der Waals surface area contributed by atoms with Crippen LogP contribution >= 0.6 is 22.9 Å². The molecule has 0 amide bonds. The van der Waals surface area contributed by atoms with Gasteiger partial charge in [0.2, 0.25) is 5.76 Å². The Morgan fingerprint density at radius 2 is 2.16 bits per heavy atom. The van der Waals surface area contributed by atoms with Crippen molar-refractivity contribution < 1.29 is 22.4 Å². The van der Waals surface area contributed by atoms with Crippen LogP contribution in [0.1, 0.15) is 16.1 Å². The number of thiophene rings is 1. The number of hydrogen-bond donors (Lipinski definition) is 0. The summed E-state index contributed by atoms with van der Waals surface area (Å²) >= 11 is 6.68. The lowest BCUT2D eigenvalue weighted by Crippen LogP contribution is -2.08. The second-order valence-electron chi connectivity index (χ2n) is 3.58. The Morgan fingerprint density at radius 3 is 2.74 bits per heavy atom. The van der Waals surface area contributed by atoms with Gasteiger partial charge in [0.25, 0.3) is 0 Å². The van der Waals surface area contributed by atoms with Crippen molar-refractivity contribution in [1.29, 1.82) is 0 Å². The molecule has 102 valence electrons. The Hall–Kier alpha value is -1.31. The fraction of sp³-hybridized carbons (Fsp3) is 0.182. The highest BCUT2D eigenvalue weighted by molar-refractivity contribution is 7.92. The molecule has 0 aliphatic carbocycles. The minimum Gasteiger partial charge on any atom is -0.463 e. The van der Waals surface area contributed by atoms with Gasteiger partial charge in [-0.05, 0) is 18.2 Å². The van der Waals surface area contributed by atoms with E-state index in [1.807, 2.05) is 0 Å². The standard InChI is InChI=1S/C11H9ClO5S2/c1-16-11(13)10-7(4-5-17-10)6-19(14,15)9-3-2-8(12)18-9/h2-5H,6H2,1H3. The van der Waals surface area contributed by atoms with E-state index in [0.717, 1.165) is 11.3 Å². The first-order valence-electron chi connectivity index (χ1n) is 5.07. The molecule has 0 aliphatic rings. The first-order chi connectivity index (χ1) is 8.94. The van der Waals surface area contributed by atoms with Gasteiger partial charge in [0.05, 0.1) is 23.5 Å². The molecule has 5 nitrogen and oxygen atoms in total. The predicted molar refractivity (Wildman–Crippen MR) is 70.3 cm³/mol. The zero-order valence-electron chi connectivity index (χ0n) is 9.75. The highest BCUT2D eigenvalue weighted by Gasteiger charge is 2.24. The summed E-state index contributed by atoms with van der Waals surface area (Å²) in [6.07, 6.45) is 1.25. The lowest BCUT2D eigenvalue weighted by atomic mass is 10.3. The molecule has 0 unspecified atom stereocenters. The van der Waals surface area contributed by atoms with Crippen molar-refractivity contribution in [2.75, 3.05) is 7.11 Å². The van der Waals surface area contributed by atoms with Crippen molar-refractivity contribution in [3.8, 4) is 0 Å². The molecule has 8 heteroatoms. The van der Waals surface area contributed by atoms with E-state index in [4.69, 9.17) is 16.0 Å². The minimum absolute atomic E-state index is 0.103. The fourth-order valence-corrected chi connectivity index (χ4v) is 4.38. The average Bonchev–Trinajstić information content (AvgIpc) is 2.97. The Labute approximate surface area is 118 Å². The third-order valence-corrected chi connectivity index (χ3v) is 5.80. The molecule has 0 aliphatic heterocycles. The Bertz CT molecular complexity index is 698. The molecule has 2 heterocycles. The molecule has 0 saturated heterocycles. The van der Waals surface area contributed by atoms with E-state index in [-0.39, 0.29) is 21.3 Å². The molecule has 19 heavy (non-hydrogen) atoms. The van der Waals surface area contributed by atoms with Crippen molar-refractivity contribution in [2.24, 2.45) is 0 Å². The summed E-state index contributed by atoms with van der Waals surface area (Å²) in [5.41, 5.74) is 0.261. The van der Waals surface area contributed by atoms with Gasteiger partial charge in [-0.25, -0.2) is 13.2 Å². The number of esters is 1. The van der Waals surface area contributed by atoms with Crippen LogP contribution in [0.5, 0.6) is 0 Å². The maximum Gasteiger partial charge on any atom is 0.374 e. The largest absolute Gasteiger partial charge is 0.463 e. The van der Waals surface area contributed by atoms with E-state index < -0.39 is 15.8 Å². The summed E-state index contributed by atoms with van der Waals surface area (Å²) in [7, 11) is -2.36. The lowest BCUT2D eigenvalue weighted by Gasteiger charge is -2.01. The first kappa shape index (κ1) is 14.1. The molecule has 2 rings (SSSR count). The zero-order valence-corrected chi connectivity index (χ0v) is 12.1. The third kappa shape index (κ3) is 2.99. The highest BCUT2D eigenvalue weighted by Crippen LogP contribution is 2.29. The molecule has 0 aromatic carbocycles. The van der Waals surface area contributed by atoms with Crippen molar-refractivity contribution in [3.05, 3.63) is 40.1 Å². The zero-order chi connectivity index (χ0) is 14.0. The summed E-state index contributed by atoms with van der Waals surface area (Å²) in [6.45, 7) is 0. The van der Waals surface area contributed by atoms with Gasteiger partial charge in [-0.1, -0.05) is 11.6 Å². The molecular weight excluding hydrogens is 312 g/mol. The van der Waals surface area contributed by atoms with Crippen molar-refractivity contribution >= 4 is 38.7 Å². The molecule has 0 saturated carbocycles. The van der Waals surface area contributed by atoms with E-state index in [1.165, 1.54) is 31.6 Å². The van der Waals surface area contributed by atoms with Gasteiger partial charge in [0, 0.05) is 5.56 Å². The molecule has 0 N–H and O–H groups in total. The number of ether oxygens (including phenoxy) is 1. The van der Waals surface area contributed by atoms with Gasteiger partial charge in [-0.15, -0.1) is 11.3 Å². The van der Waals surface area contributed by atoms with Crippen LogP contribution in [0.15, 0.2) is 33.1 Å². The van der Waals surface area contributed by atoms with Crippen LogP contribution in [-0.4, -0.2) is 21.5 Å². The van der Waals surface area contributed by atoms with Crippen LogP contribution in [0.4, 0.5) is 0 Å². The second kappa shape index (κ2) is 5.36. The van der Waals surface area contributed by atoms with Crippen molar-refractivity contribution in [3.63, 3.8) is 0 Å². The van der Waals surface area contributed by atoms with Crippen LogP contribution in [0, 0.1) is 0 Å². The Kier molecular flexibility index (Phi) is 3.98. The number of hydrogen-bond acceptors (Lipinski definition) is 6. The number of carbonyl (C=O) groups excluding carboxylic acids is 1. The van der Waals surface area contributed by atoms with Gasteiger partial charge in [0.1, 0.15) is 4.21 Å². The lowest BCUT2D eigenvalue weighted by molar-refractivity contribution is 0.0564. The van der Waals surface area contributed by atoms with Crippen LogP contribution in [-0.2, 0) is 20.3 Å². The van der Waals surface area contributed by atoms with Crippen LogP contribution in [0.2, 0.25) is 4.34 Å². The summed E-state index contributed by atoms with van der Waals surface area (Å²) in [6, 6.07) is 4.37. The molecule has 0 spiro atoms. The smallest absolute Gasteiger partial charge is 0.374 e. The SMILES string of the molecule is COC(=O)c1occc1CS(=O)(=O)c1ccc(Cl)s1. The maximum atomic E-state index is 12.1. The van der Waals surface area contributed by atoms with Gasteiger partial charge in [-0.3, -0.25) is 0 Å². The number of rotatable bonds is 4. The summed E-state index contributed by atoms with van der Waals surface area (Å²) < 4.78 is 34.3. The molecule has 0 bridgehead atoms. The number of carbonyl (C=O) groups is 1. The van der Waals surface area contributed by atoms with E-state index in [2.05, 4.69) is 4.74 Å². The summed E-state index contributed by atoms with van der Waals surface area (Å²) in [5, 5.41) is 0. The molecule has 0 radical (unpaired) electrons. The molecule has 0 fully saturated rings. The quantitative estimate of drug-likeness (QED) is 0.810. The van der Waals surface area contributed by atoms with Crippen LogP contribution in [0.25, 0.3) is 0 Å². The second-order valence-corrected chi connectivity index (χ2v) is 7.52. The number of halogens is 1. The van der Waals surface area contributed by atoms with Crippen molar-refractivity contribution in [2.45, 2.75) is 9.96 Å². The summed E-state index contributed by atoms with van der Waals surface area (Å²) in [5.74, 6) is -1.15. The number of sulfone groups is 1. The fourth-order valence-electron chi connectivity index (χ4n) is 1.46. The molecule has 2 aromatic rings. The van der Waals surface area contributed by atoms with Crippen LogP contribution < -0.4 is 0 Å². The Balaban J connectivity index is 2.31. The van der Waals surface area contributed by atoms with E-state index in [0.29, 0.717) is 4.34 Å². The van der Waals surface area contributed by atoms with E-state index >= 15 is 0 Å². The van der Waals surface area contributed by atoms with Crippen LogP contribution in [0.3, 0.4) is 0 Å². The maximum absolute atomic E-state index is 12.1. The van der Waals surface area contributed by atoms with E-state index in [1.54, 1.807) is 0 Å². The number of furan rings is 1. The number of methoxy groups -OCH3 is 1. The normalized spacial score (nSPS) is 11.5. The highest BCUT2D eigenvalue weighted by atomic mass is 35.5. The van der Waals surface area contributed by atoms with Gasteiger partial charge in [-0.2, -0.15) is 0 Å². The van der Waals surface area contributed by atoms with E-state index in [9.17, 15) is 13.2 Å². The average molecular weight is 321 g/mol. The summed E-state index contributed by atoms with van der Waals surface area (Å²) in [4.78, 5) is 11.4. The Morgan fingerprint density at radius 1 is 1.42 bits per heavy atom. The van der Waals surface area contributed by atoms with Gasteiger partial charge in [0.15, 0.2) is 9.84 Å². The predicted octanol–water partition coefficient (Wildman–Crippen LogP) is 2.76. The third-order valence-electron chi connectivity index (χ3n) is 2.32. The van der Waals surface area contributed by atoms with Crippen molar-refractivity contribution in [1.82, 2.24) is 0 Å². The molecule has 2 aromatic heterocycles. The monoisotopic (exact) mass is 320 g/mol.